The number of hydrogen-bond acceptors (Lipinski definition) is 5. The minimum Gasteiger partial charge on any atom is -0.296 e. The number of nitrogens with zero attached hydrogens (tertiary/aromatic N) is 3. The van der Waals surface area contributed by atoms with Crippen molar-refractivity contribution in [3.05, 3.63) is 52.7 Å². The number of amides is 1. The summed E-state index contributed by atoms with van der Waals surface area (Å²) in [5, 5.41) is 7.67. The van der Waals surface area contributed by atoms with Gasteiger partial charge in [0.1, 0.15) is 5.69 Å². The summed E-state index contributed by atoms with van der Waals surface area (Å²) < 4.78 is 1.55. The Morgan fingerprint density at radius 1 is 1.24 bits per heavy atom. The number of anilines is 1. The number of carbonyl (C=O) groups is 2. The van der Waals surface area contributed by atoms with Gasteiger partial charge in [-0.25, -0.2) is 4.98 Å². The Kier molecular flexibility index (Phi) is 3.93. The molecule has 0 unspecified atom stereocenters. The van der Waals surface area contributed by atoms with E-state index < -0.39 is 0 Å². The van der Waals surface area contributed by atoms with Crippen molar-refractivity contribution in [2.75, 3.05) is 5.32 Å². The third-order valence-electron chi connectivity index (χ3n) is 4.17. The van der Waals surface area contributed by atoms with Crippen molar-refractivity contribution in [1.29, 1.82) is 0 Å². The Labute approximate surface area is 148 Å². The van der Waals surface area contributed by atoms with Crippen LogP contribution in [0.4, 0.5) is 5.13 Å². The van der Waals surface area contributed by atoms with Gasteiger partial charge in [0.15, 0.2) is 10.9 Å². The average Bonchev–Trinajstić information content (AvgIpc) is 3.20. The van der Waals surface area contributed by atoms with E-state index >= 15 is 0 Å². The molecule has 0 atom stereocenters. The molecule has 0 radical (unpaired) electrons. The lowest BCUT2D eigenvalue weighted by Crippen LogP contribution is -2.15. The highest BCUT2D eigenvalue weighted by Gasteiger charge is 2.23. The molecule has 2 heterocycles. The maximum atomic E-state index is 12.6. The van der Waals surface area contributed by atoms with Gasteiger partial charge < -0.3 is 0 Å². The van der Waals surface area contributed by atoms with Gasteiger partial charge >= 0.3 is 0 Å². The molecule has 3 aromatic rings. The van der Waals surface area contributed by atoms with Gasteiger partial charge in [0, 0.05) is 19.0 Å². The van der Waals surface area contributed by atoms with Gasteiger partial charge in [-0.2, -0.15) is 5.10 Å². The fourth-order valence-electron chi connectivity index (χ4n) is 2.91. The fourth-order valence-corrected chi connectivity index (χ4v) is 3.89. The number of hydrogen-bond donors (Lipinski definition) is 1. The first-order chi connectivity index (χ1) is 12.1. The van der Waals surface area contributed by atoms with E-state index in [2.05, 4.69) is 15.4 Å². The van der Waals surface area contributed by atoms with Crippen molar-refractivity contribution in [1.82, 2.24) is 14.8 Å². The number of benzene rings is 1. The molecule has 0 spiro atoms. The van der Waals surface area contributed by atoms with E-state index in [0.29, 0.717) is 22.1 Å². The Bertz CT molecular complexity index is 959. The van der Waals surface area contributed by atoms with Crippen LogP contribution in [0.25, 0.3) is 11.3 Å². The number of aryl methyl sites for hydroxylation is 2. The summed E-state index contributed by atoms with van der Waals surface area (Å²) in [6.07, 6.45) is 2.17. The SMILES string of the molecule is Cn1nc(-c2ccccc2)cc1C(=O)Nc1nc2c(s1)C(=O)CCC2. The van der Waals surface area contributed by atoms with Gasteiger partial charge in [-0.05, 0) is 18.9 Å². The molecule has 1 N–H and O–H groups in total. The Balaban J connectivity index is 1.58. The Hall–Kier alpha value is -2.80. The minimum absolute atomic E-state index is 0.117. The van der Waals surface area contributed by atoms with Gasteiger partial charge in [-0.1, -0.05) is 41.7 Å². The molecule has 0 bridgehead atoms. The van der Waals surface area contributed by atoms with Crippen LogP contribution in [0.5, 0.6) is 0 Å². The predicted octanol–water partition coefficient (Wildman–Crippen LogP) is 3.31. The van der Waals surface area contributed by atoms with E-state index in [-0.39, 0.29) is 11.7 Å². The Morgan fingerprint density at radius 2 is 2.04 bits per heavy atom. The first-order valence-corrected chi connectivity index (χ1v) is 8.87. The third-order valence-corrected chi connectivity index (χ3v) is 5.22. The summed E-state index contributed by atoms with van der Waals surface area (Å²) in [5.74, 6) is -0.165. The number of carbonyl (C=O) groups excluding carboxylic acids is 2. The highest BCUT2D eigenvalue weighted by Crippen LogP contribution is 2.30. The molecule has 25 heavy (non-hydrogen) atoms. The monoisotopic (exact) mass is 352 g/mol. The second-order valence-corrected chi connectivity index (χ2v) is 6.93. The van der Waals surface area contributed by atoms with Crippen LogP contribution in [0, 0.1) is 0 Å². The quantitative estimate of drug-likeness (QED) is 0.784. The van der Waals surface area contributed by atoms with Crippen LogP contribution in [-0.4, -0.2) is 26.5 Å². The maximum absolute atomic E-state index is 12.6. The van der Waals surface area contributed by atoms with Crippen LogP contribution in [-0.2, 0) is 13.5 Å². The summed E-state index contributed by atoms with van der Waals surface area (Å²) in [6, 6.07) is 11.5. The minimum atomic E-state index is -0.282. The second kappa shape index (κ2) is 6.25. The molecule has 7 heteroatoms. The van der Waals surface area contributed by atoms with Crippen molar-refractivity contribution in [3.8, 4) is 11.3 Å². The molecule has 1 aliphatic carbocycles. The lowest BCUT2D eigenvalue weighted by atomic mass is 10.0. The van der Waals surface area contributed by atoms with Crippen LogP contribution in [0.15, 0.2) is 36.4 Å². The summed E-state index contributed by atoms with van der Waals surface area (Å²) in [4.78, 5) is 29.6. The molecular formula is C18H16N4O2S. The molecular weight excluding hydrogens is 336 g/mol. The largest absolute Gasteiger partial charge is 0.296 e. The van der Waals surface area contributed by atoms with E-state index in [4.69, 9.17) is 0 Å². The molecule has 1 amide bonds. The van der Waals surface area contributed by atoms with Crippen molar-refractivity contribution in [2.45, 2.75) is 19.3 Å². The highest BCUT2D eigenvalue weighted by molar-refractivity contribution is 7.17. The van der Waals surface area contributed by atoms with E-state index in [1.807, 2.05) is 30.3 Å². The molecule has 0 saturated carbocycles. The maximum Gasteiger partial charge on any atom is 0.275 e. The topological polar surface area (TPSA) is 76.9 Å². The molecule has 4 rings (SSSR count). The van der Waals surface area contributed by atoms with Crippen molar-refractivity contribution < 1.29 is 9.59 Å². The van der Waals surface area contributed by atoms with Gasteiger partial charge in [0.25, 0.3) is 5.91 Å². The summed E-state index contributed by atoms with van der Waals surface area (Å²) in [7, 11) is 1.73. The number of thiazole rings is 1. The fraction of sp³-hybridized carbons (Fsp3) is 0.222. The van der Waals surface area contributed by atoms with E-state index in [1.165, 1.54) is 11.3 Å². The molecule has 0 saturated heterocycles. The smallest absolute Gasteiger partial charge is 0.275 e. The zero-order valence-electron chi connectivity index (χ0n) is 13.7. The number of fused-ring (bicyclic) bond motifs is 1. The molecule has 6 nitrogen and oxygen atoms in total. The first kappa shape index (κ1) is 15.7. The van der Waals surface area contributed by atoms with Crippen molar-refractivity contribution >= 4 is 28.2 Å². The Morgan fingerprint density at radius 3 is 2.80 bits per heavy atom. The second-order valence-electron chi connectivity index (χ2n) is 5.93. The molecule has 1 aliphatic rings. The molecule has 2 aromatic heterocycles. The molecule has 126 valence electrons. The van der Waals surface area contributed by atoms with Gasteiger partial charge in [-0.15, -0.1) is 0 Å². The highest BCUT2D eigenvalue weighted by atomic mass is 32.1. The lowest BCUT2D eigenvalue weighted by molar-refractivity contribution is 0.0974. The molecule has 1 aromatic carbocycles. The van der Waals surface area contributed by atoms with Gasteiger partial charge in [0.2, 0.25) is 0 Å². The zero-order chi connectivity index (χ0) is 17.4. The van der Waals surface area contributed by atoms with Crippen molar-refractivity contribution in [2.24, 2.45) is 7.05 Å². The normalized spacial score (nSPS) is 13.6. The standard InChI is InChI=1S/C18H16N4O2S/c1-22-14(10-13(21-22)11-6-3-2-4-7-11)17(24)20-18-19-12-8-5-9-15(23)16(12)25-18/h2-4,6-7,10H,5,8-9H2,1H3,(H,19,20,24). The van der Waals surface area contributed by atoms with Crippen molar-refractivity contribution in [3.63, 3.8) is 0 Å². The first-order valence-electron chi connectivity index (χ1n) is 8.05. The van der Waals surface area contributed by atoms with E-state index in [9.17, 15) is 9.59 Å². The molecule has 0 fully saturated rings. The number of rotatable bonds is 3. The summed E-state index contributed by atoms with van der Waals surface area (Å²) >= 11 is 1.25. The van der Waals surface area contributed by atoms with Crippen LogP contribution < -0.4 is 5.32 Å². The van der Waals surface area contributed by atoms with E-state index in [1.54, 1.807) is 17.8 Å². The zero-order valence-corrected chi connectivity index (χ0v) is 14.5. The predicted molar refractivity (Wildman–Crippen MR) is 96.0 cm³/mol. The molecule has 0 aliphatic heterocycles. The van der Waals surface area contributed by atoms with Gasteiger partial charge in [0.05, 0.1) is 16.3 Å². The lowest BCUT2D eigenvalue weighted by Gasteiger charge is -2.05. The third kappa shape index (κ3) is 2.98. The van der Waals surface area contributed by atoms with E-state index in [0.717, 1.165) is 29.8 Å². The summed E-state index contributed by atoms with van der Waals surface area (Å²) in [5.41, 5.74) is 2.93. The summed E-state index contributed by atoms with van der Waals surface area (Å²) in [6.45, 7) is 0. The average molecular weight is 352 g/mol. The van der Waals surface area contributed by atoms with Crippen LogP contribution in [0.3, 0.4) is 0 Å². The number of nitrogens with one attached hydrogen (secondary N) is 1. The van der Waals surface area contributed by atoms with Crippen LogP contribution in [0.2, 0.25) is 0 Å². The van der Waals surface area contributed by atoms with Crippen LogP contribution >= 0.6 is 11.3 Å². The number of ketones is 1. The number of aromatic nitrogens is 3. The van der Waals surface area contributed by atoms with Gasteiger partial charge in [-0.3, -0.25) is 19.6 Å². The van der Waals surface area contributed by atoms with Crippen LogP contribution in [0.1, 0.15) is 38.7 Å². The number of Topliss-reactive ketones (excluding diaryl/α,β-unsaturated/α-hetero) is 1.